The lowest BCUT2D eigenvalue weighted by Crippen LogP contribution is -2.26. The Hall–Kier alpha value is -1.71. The number of carbonyl (C=O) groups excluding carboxylic acids is 1. The molecule has 106 valence electrons. The fraction of sp³-hybridized carbons (Fsp3) is 0.533. The lowest BCUT2D eigenvalue weighted by Gasteiger charge is -2.25. The average Bonchev–Trinajstić information content (AvgIpc) is 2.35. The molecule has 0 heterocycles. The molecule has 1 aromatic rings. The van der Waals surface area contributed by atoms with Gasteiger partial charge in [-0.05, 0) is 30.0 Å². The summed E-state index contributed by atoms with van der Waals surface area (Å²) in [6.07, 6.45) is 1.07. The molecule has 0 fully saturated rings. The van der Waals surface area contributed by atoms with Gasteiger partial charge in [0.2, 0.25) is 0 Å². The standard InChI is InChI=1S/C15H25N3O/c1-6-15(2,3)10-17-13-9-11(16)7-8-12(13)14(19)18(4)5/h7-9,17H,6,10,16H2,1-5H3. The van der Waals surface area contributed by atoms with Gasteiger partial charge in [0.25, 0.3) is 5.91 Å². The quantitative estimate of drug-likeness (QED) is 0.803. The van der Waals surface area contributed by atoms with Crippen LogP contribution in [0.2, 0.25) is 0 Å². The SMILES string of the molecule is CCC(C)(C)CNc1cc(N)ccc1C(=O)N(C)C. The van der Waals surface area contributed by atoms with Gasteiger partial charge in [-0.3, -0.25) is 4.79 Å². The summed E-state index contributed by atoms with van der Waals surface area (Å²) in [7, 11) is 3.50. The van der Waals surface area contributed by atoms with Crippen molar-refractivity contribution in [1.29, 1.82) is 0 Å². The molecular formula is C15H25N3O. The molecule has 0 aromatic heterocycles. The van der Waals surface area contributed by atoms with Crippen molar-refractivity contribution in [2.45, 2.75) is 27.2 Å². The average molecular weight is 263 g/mol. The zero-order valence-electron chi connectivity index (χ0n) is 12.6. The molecule has 19 heavy (non-hydrogen) atoms. The van der Waals surface area contributed by atoms with Crippen LogP contribution in [0.3, 0.4) is 0 Å². The number of anilines is 2. The van der Waals surface area contributed by atoms with Crippen LogP contribution in [0.1, 0.15) is 37.6 Å². The number of amides is 1. The summed E-state index contributed by atoms with van der Waals surface area (Å²) < 4.78 is 0. The van der Waals surface area contributed by atoms with Crippen LogP contribution in [0, 0.1) is 5.41 Å². The maximum atomic E-state index is 12.1. The number of carbonyl (C=O) groups is 1. The van der Waals surface area contributed by atoms with Gasteiger partial charge in [0, 0.05) is 32.0 Å². The van der Waals surface area contributed by atoms with Crippen molar-refractivity contribution < 1.29 is 4.79 Å². The van der Waals surface area contributed by atoms with Crippen molar-refractivity contribution in [3.8, 4) is 0 Å². The van der Waals surface area contributed by atoms with Crippen molar-refractivity contribution in [3.05, 3.63) is 23.8 Å². The van der Waals surface area contributed by atoms with E-state index in [1.54, 1.807) is 31.1 Å². The third kappa shape index (κ3) is 4.16. The highest BCUT2D eigenvalue weighted by Crippen LogP contribution is 2.24. The molecule has 0 aliphatic heterocycles. The predicted octanol–water partition coefficient (Wildman–Crippen LogP) is 2.82. The zero-order chi connectivity index (χ0) is 14.6. The van der Waals surface area contributed by atoms with E-state index in [1.807, 2.05) is 6.07 Å². The van der Waals surface area contributed by atoms with Gasteiger partial charge in [-0.2, -0.15) is 0 Å². The van der Waals surface area contributed by atoms with Crippen molar-refractivity contribution in [2.75, 3.05) is 31.7 Å². The normalized spacial score (nSPS) is 11.2. The molecule has 0 radical (unpaired) electrons. The maximum Gasteiger partial charge on any atom is 0.255 e. The Kier molecular flexibility index (Phi) is 4.81. The van der Waals surface area contributed by atoms with Gasteiger partial charge in [-0.15, -0.1) is 0 Å². The molecular weight excluding hydrogens is 238 g/mol. The lowest BCUT2D eigenvalue weighted by atomic mass is 9.90. The van der Waals surface area contributed by atoms with Crippen LogP contribution in [0.25, 0.3) is 0 Å². The first-order valence-corrected chi connectivity index (χ1v) is 6.62. The van der Waals surface area contributed by atoms with Gasteiger partial charge in [0.05, 0.1) is 5.56 Å². The zero-order valence-corrected chi connectivity index (χ0v) is 12.6. The van der Waals surface area contributed by atoms with Gasteiger partial charge in [-0.1, -0.05) is 20.8 Å². The number of hydrogen-bond donors (Lipinski definition) is 2. The highest BCUT2D eigenvalue weighted by molar-refractivity contribution is 6.00. The Morgan fingerprint density at radius 2 is 2.00 bits per heavy atom. The van der Waals surface area contributed by atoms with Crippen molar-refractivity contribution >= 4 is 17.3 Å². The van der Waals surface area contributed by atoms with Gasteiger partial charge >= 0.3 is 0 Å². The van der Waals surface area contributed by atoms with Crippen LogP contribution in [-0.4, -0.2) is 31.4 Å². The minimum Gasteiger partial charge on any atom is -0.399 e. The van der Waals surface area contributed by atoms with Crippen LogP contribution in [0.5, 0.6) is 0 Å². The Labute approximate surface area is 116 Å². The van der Waals surface area contributed by atoms with E-state index in [1.165, 1.54) is 0 Å². The van der Waals surface area contributed by atoms with E-state index in [2.05, 4.69) is 26.1 Å². The summed E-state index contributed by atoms with van der Waals surface area (Å²) >= 11 is 0. The largest absolute Gasteiger partial charge is 0.399 e. The number of nitrogen functional groups attached to an aromatic ring is 1. The Bertz CT molecular complexity index is 453. The van der Waals surface area contributed by atoms with E-state index in [0.717, 1.165) is 18.7 Å². The molecule has 0 unspecified atom stereocenters. The number of hydrogen-bond acceptors (Lipinski definition) is 3. The Balaban J connectivity index is 2.98. The highest BCUT2D eigenvalue weighted by Gasteiger charge is 2.18. The van der Waals surface area contributed by atoms with E-state index >= 15 is 0 Å². The van der Waals surface area contributed by atoms with Crippen LogP contribution in [0.4, 0.5) is 11.4 Å². The molecule has 4 nitrogen and oxygen atoms in total. The second-order valence-corrected chi connectivity index (χ2v) is 5.88. The molecule has 1 amide bonds. The molecule has 3 N–H and O–H groups in total. The van der Waals surface area contributed by atoms with E-state index < -0.39 is 0 Å². The van der Waals surface area contributed by atoms with E-state index in [9.17, 15) is 4.79 Å². The first-order valence-electron chi connectivity index (χ1n) is 6.62. The van der Waals surface area contributed by atoms with Gasteiger partial charge < -0.3 is 16.0 Å². The molecule has 0 bridgehead atoms. The molecule has 0 spiro atoms. The van der Waals surface area contributed by atoms with Gasteiger partial charge in [-0.25, -0.2) is 0 Å². The van der Waals surface area contributed by atoms with E-state index in [-0.39, 0.29) is 11.3 Å². The second kappa shape index (κ2) is 5.95. The Morgan fingerprint density at radius 1 is 1.37 bits per heavy atom. The van der Waals surface area contributed by atoms with Gasteiger partial charge in [0.1, 0.15) is 0 Å². The first kappa shape index (κ1) is 15.3. The number of benzene rings is 1. The monoisotopic (exact) mass is 263 g/mol. The molecule has 0 saturated heterocycles. The minimum atomic E-state index is -0.0168. The smallest absolute Gasteiger partial charge is 0.255 e. The lowest BCUT2D eigenvalue weighted by molar-refractivity contribution is 0.0828. The molecule has 0 aliphatic rings. The number of rotatable bonds is 5. The fourth-order valence-corrected chi connectivity index (χ4v) is 1.60. The summed E-state index contributed by atoms with van der Waals surface area (Å²) in [5.41, 5.74) is 8.12. The number of nitrogens with zero attached hydrogens (tertiary/aromatic N) is 1. The molecule has 0 saturated carbocycles. The number of nitrogens with two attached hydrogens (primary N) is 1. The molecule has 0 aliphatic carbocycles. The van der Waals surface area contributed by atoms with E-state index in [0.29, 0.717) is 11.3 Å². The topological polar surface area (TPSA) is 58.4 Å². The second-order valence-electron chi connectivity index (χ2n) is 5.88. The Morgan fingerprint density at radius 3 is 2.53 bits per heavy atom. The van der Waals surface area contributed by atoms with Crippen LogP contribution >= 0.6 is 0 Å². The van der Waals surface area contributed by atoms with Gasteiger partial charge in [0.15, 0.2) is 0 Å². The third-order valence-electron chi connectivity index (χ3n) is 3.39. The first-order chi connectivity index (χ1) is 8.76. The van der Waals surface area contributed by atoms with Crippen LogP contribution < -0.4 is 11.1 Å². The fourth-order valence-electron chi connectivity index (χ4n) is 1.60. The summed E-state index contributed by atoms with van der Waals surface area (Å²) in [5, 5.41) is 3.35. The van der Waals surface area contributed by atoms with Crippen molar-refractivity contribution in [1.82, 2.24) is 4.90 Å². The minimum absolute atomic E-state index is 0.0168. The van der Waals surface area contributed by atoms with Crippen LogP contribution in [-0.2, 0) is 0 Å². The summed E-state index contributed by atoms with van der Waals surface area (Å²) in [6.45, 7) is 7.35. The van der Waals surface area contributed by atoms with E-state index in [4.69, 9.17) is 5.73 Å². The molecule has 1 aromatic carbocycles. The number of nitrogens with one attached hydrogen (secondary N) is 1. The summed E-state index contributed by atoms with van der Waals surface area (Å²) in [5.74, 6) is -0.0168. The summed E-state index contributed by atoms with van der Waals surface area (Å²) in [4.78, 5) is 13.7. The molecule has 4 heteroatoms. The highest BCUT2D eigenvalue weighted by atomic mass is 16.2. The molecule has 1 rings (SSSR count). The van der Waals surface area contributed by atoms with Crippen molar-refractivity contribution in [2.24, 2.45) is 5.41 Å². The molecule has 0 atom stereocenters. The predicted molar refractivity (Wildman–Crippen MR) is 81.4 cm³/mol. The van der Waals surface area contributed by atoms with Crippen LogP contribution in [0.15, 0.2) is 18.2 Å². The maximum absolute atomic E-state index is 12.1. The van der Waals surface area contributed by atoms with Crippen molar-refractivity contribution in [3.63, 3.8) is 0 Å². The third-order valence-corrected chi connectivity index (χ3v) is 3.39. The summed E-state index contributed by atoms with van der Waals surface area (Å²) in [6, 6.07) is 5.36.